The van der Waals surface area contributed by atoms with Crippen molar-refractivity contribution in [2.24, 2.45) is 11.1 Å². The number of sulfone groups is 1. The Bertz CT molecular complexity index is 281. The Morgan fingerprint density at radius 3 is 2.40 bits per heavy atom. The van der Waals surface area contributed by atoms with Crippen LogP contribution in [0.15, 0.2) is 0 Å². The molecule has 0 bridgehead atoms. The van der Waals surface area contributed by atoms with Gasteiger partial charge >= 0.3 is 0 Å². The van der Waals surface area contributed by atoms with Crippen molar-refractivity contribution in [3.63, 3.8) is 0 Å². The second-order valence-corrected chi connectivity index (χ2v) is 7.02. The van der Waals surface area contributed by atoms with Crippen LogP contribution in [0.1, 0.15) is 45.4 Å². The highest BCUT2D eigenvalue weighted by Gasteiger charge is 2.44. The summed E-state index contributed by atoms with van der Waals surface area (Å²) in [5.41, 5.74) is 5.57. The summed E-state index contributed by atoms with van der Waals surface area (Å²) < 4.78 is 23.6. The summed E-state index contributed by atoms with van der Waals surface area (Å²) in [6, 6.07) is 0. The van der Waals surface area contributed by atoms with Crippen LogP contribution in [0.3, 0.4) is 0 Å². The first kappa shape index (κ1) is 13.0. The summed E-state index contributed by atoms with van der Waals surface area (Å²) >= 11 is 0. The van der Waals surface area contributed by atoms with Gasteiger partial charge in [-0.2, -0.15) is 0 Å². The van der Waals surface area contributed by atoms with Gasteiger partial charge in [-0.15, -0.1) is 0 Å². The number of nitrogens with two attached hydrogens (primary N) is 1. The topological polar surface area (TPSA) is 60.2 Å². The fourth-order valence-electron chi connectivity index (χ4n) is 2.06. The van der Waals surface area contributed by atoms with E-state index < -0.39 is 9.84 Å². The fourth-order valence-corrected chi connectivity index (χ4v) is 4.21. The smallest absolute Gasteiger partial charge is 0.150 e. The van der Waals surface area contributed by atoms with Gasteiger partial charge in [0.15, 0.2) is 9.84 Å². The molecule has 0 aromatic heterocycles. The molecule has 1 aliphatic carbocycles. The van der Waals surface area contributed by atoms with Gasteiger partial charge in [0.1, 0.15) is 0 Å². The van der Waals surface area contributed by atoms with Crippen LogP contribution in [0, 0.1) is 5.41 Å². The van der Waals surface area contributed by atoms with E-state index in [-0.39, 0.29) is 5.41 Å². The third-order valence-electron chi connectivity index (χ3n) is 3.22. The molecule has 0 radical (unpaired) electrons. The van der Waals surface area contributed by atoms with Crippen LogP contribution < -0.4 is 5.73 Å². The minimum Gasteiger partial charge on any atom is -0.330 e. The summed E-state index contributed by atoms with van der Waals surface area (Å²) in [7, 11) is -2.83. The van der Waals surface area contributed by atoms with Crippen LogP contribution in [-0.4, -0.2) is 26.5 Å². The predicted molar refractivity (Wildman–Crippen MR) is 63.5 cm³/mol. The van der Waals surface area contributed by atoms with E-state index in [2.05, 4.69) is 6.92 Å². The van der Waals surface area contributed by atoms with E-state index in [1.165, 1.54) is 0 Å². The lowest BCUT2D eigenvalue weighted by atomic mass is 10.1. The van der Waals surface area contributed by atoms with Crippen molar-refractivity contribution in [3.05, 3.63) is 0 Å². The van der Waals surface area contributed by atoms with Crippen molar-refractivity contribution in [2.45, 2.75) is 45.4 Å². The molecule has 2 N–H and O–H groups in total. The van der Waals surface area contributed by atoms with Crippen LogP contribution >= 0.6 is 0 Å². The number of unbranched alkanes of at least 4 members (excludes halogenated alkanes) is 2. The van der Waals surface area contributed by atoms with Gasteiger partial charge in [0, 0.05) is 0 Å². The maximum atomic E-state index is 11.8. The molecule has 0 aromatic rings. The summed E-state index contributed by atoms with van der Waals surface area (Å²) in [4.78, 5) is 0. The van der Waals surface area contributed by atoms with Crippen molar-refractivity contribution in [1.29, 1.82) is 0 Å². The van der Waals surface area contributed by atoms with Crippen molar-refractivity contribution in [2.75, 3.05) is 18.1 Å². The van der Waals surface area contributed by atoms with Crippen LogP contribution in [-0.2, 0) is 9.84 Å². The minimum absolute atomic E-state index is 0.0692. The molecular formula is C11H23NO2S. The second-order valence-electron chi connectivity index (χ2n) is 4.84. The Kier molecular flexibility index (Phi) is 4.59. The van der Waals surface area contributed by atoms with E-state index in [4.69, 9.17) is 5.73 Å². The molecule has 3 nitrogen and oxygen atoms in total. The third kappa shape index (κ3) is 4.51. The van der Waals surface area contributed by atoms with Gasteiger partial charge in [-0.25, -0.2) is 8.42 Å². The zero-order chi connectivity index (χ0) is 11.4. The second kappa shape index (κ2) is 5.30. The summed E-state index contributed by atoms with van der Waals surface area (Å²) in [5.74, 6) is 0.744. The zero-order valence-corrected chi connectivity index (χ0v) is 10.5. The first-order valence-electron chi connectivity index (χ1n) is 5.94. The number of hydrogen-bond acceptors (Lipinski definition) is 3. The van der Waals surface area contributed by atoms with Crippen LogP contribution in [0.25, 0.3) is 0 Å². The van der Waals surface area contributed by atoms with Crippen LogP contribution in [0.5, 0.6) is 0 Å². The lowest BCUT2D eigenvalue weighted by molar-refractivity contribution is 0.509. The molecule has 0 heterocycles. The van der Waals surface area contributed by atoms with Crippen LogP contribution in [0.4, 0.5) is 0 Å². The van der Waals surface area contributed by atoms with E-state index in [1.54, 1.807) is 0 Å². The average molecular weight is 233 g/mol. The average Bonchev–Trinajstić information content (AvgIpc) is 2.84. The van der Waals surface area contributed by atoms with E-state index in [9.17, 15) is 8.42 Å². The molecule has 1 rings (SSSR count). The van der Waals surface area contributed by atoms with Gasteiger partial charge in [0.25, 0.3) is 0 Å². The molecule has 1 fully saturated rings. The SMILES string of the molecule is CCCCCS(=O)(=O)CC1(CCN)CC1. The quantitative estimate of drug-likeness (QED) is 0.649. The Hall–Kier alpha value is -0.0900. The molecule has 90 valence electrons. The Morgan fingerprint density at radius 2 is 1.93 bits per heavy atom. The standard InChI is InChI=1S/C11H23NO2S/c1-2-3-4-9-15(13,14)10-11(5-6-11)7-8-12/h2-10,12H2,1H3. The first-order chi connectivity index (χ1) is 7.04. The molecule has 0 saturated heterocycles. The molecule has 0 unspecified atom stereocenters. The highest BCUT2D eigenvalue weighted by Crippen LogP contribution is 2.49. The lowest BCUT2D eigenvalue weighted by Crippen LogP contribution is -2.22. The van der Waals surface area contributed by atoms with Crippen molar-refractivity contribution in [1.82, 2.24) is 0 Å². The maximum absolute atomic E-state index is 11.8. The van der Waals surface area contributed by atoms with Gasteiger partial charge in [0.05, 0.1) is 11.5 Å². The normalized spacial score (nSPS) is 19.1. The molecule has 0 aromatic carbocycles. The van der Waals surface area contributed by atoms with E-state index >= 15 is 0 Å². The highest BCUT2D eigenvalue weighted by atomic mass is 32.2. The monoisotopic (exact) mass is 233 g/mol. The molecule has 0 amide bonds. The van der Waals surface area contributed by atoms with Gasteiger partial charge in [-0.05, 0) is 37.6 Å². The van der Waals surface area contributed by atoms with Gasteiger partial charge in [0.2, 0.25) is 0 Å². The summed E-state index contributed by atoms with van der Waals surface area (Å²) in [5, 5.41) is 0. The van der Waals surface area contributed by atoms with Crippen molar-refractivity contribution >= 4 is 9.84 Å². The molecule has 1 aliphatic rings. The van der Waals surface area contributed by atoms with Gasteiger partial charge < -0.3 is 5.73 Å². The molecule has 0 atom stereocenters. The Balaban J connectivity index is 2.35. The van der Waals surface area contributed by atoms with Gasteiger partial charge in [-0.3, -0.25) is 0 Å². The molecule has 0 spiro atoms. The van der Waals surface area contributed by atoms with Gasteiger partial charge in [-0.1, -0.05) is 19.8 Å². The maximum Gasteiger partial charge on any atom is 0.150 e. The molecule has 15 heavy (non-hydrogen) atoms. The molecule has 4 heteroatoms. The van der Waals surface area contributed by atoms with E-state index in [0.29, 0.717) is 18.1 Å². The van der Waals surface area contributed by atoms with Crippen molar-refractivity contribution in [3.8, 4) is 0 Å². The van der Waals surface area contributed by atoms with Crippen LogP contribution in [0.2, 0.25) is 0 Å². The zero-order valence-electron chi connectivity index (χ0n) is 9.67. The van der Waals surface area contributed by atoms with Crippen molar-refractivity contribution < 1.29 is 8.42 Å². The Morgan fingerprint density at radius 1 is 1.27 bits per heavy atom. The van der Waals surface area contributed by atoms with E-state index in [0.717, 1.165) is 38.5 Å². The molecule has 0 aliphatic heterocycles. The number of rotatable bonds is 8. The highest BCUT2D eigenvalue weighted by molar-refractivity contribution is 7.91. The fraction of sp³-hybridized carbons (Fsp3) is 1.00. The largest absolute Gasteiger partial charge is 0.330 e. The van der Waals surface area contributed by atoms with E-state index in [1.807, 2.05) is 0 Å². The molecular weight excluding hydrogens is 210 g/mol. The summed E-state index contributed by atoms with van der Waals surface area (Å²) in [6.45, 7) is 2.70. The third-order valence-corrected chi connectivity index (χ3v) is 5.18. The lowest BCUT2D eigenvalue weighted by Gasteiger charge is -2.13. The summed E-state index contributed by atoms with van der Waals surface area (Å²) in [6.07, 6.45) is 5.89. The molecule has 1 saturated carbocycles. The number of hydrogen-bond donors (Lipinski definition) is 1. The Labute approximate surface area is 93.3 Å². The first-order valence-corrected chi connectivity index (χ1v) is 7.76. The minimum atomic E-state index is -2.83. The predicted octanol–water partition coefficient (Wildman–Crippen LogP) is 1.72.